The van der Waals surface area contributed by atoms with Gasteiger partial charge in [0.2, 0.25) is 11.8 Å². The number of carbonyl (C=O) groups is 2. The number of hydrogen-bond acceptors (Lipinski definition) is 2. The van der Waals surface area contributed by atoms with E-state index in [1.54, 1.807) is 11.0 Å². The van der Waals surface area contributed by atoms with E-state index >= 15 is 0 Å². The van der Waals surface area contributed by atoms with Crippen LogP contribution in [-0.2, 0) is 16.1 Å². The van der Waals surface area contributed by atoms with Crippen molar-refractivity contribution >= 4 is 23.4 Å². The maximum Gasteiger partial charge on any atom is 0.246 e. The fourth-order valence-electron chi connectivity index (χ4n) is 2.79. The molecule has 114 valence electrons. The molecule has 1 saturated heterocycles. The molecule has 2 amide bonds. The van der Waals surface area contributed by atoms with Crippen molar-refractivity contribution in [2.45, 2.75) is 38.8 Å². The smallest absolute Gasteiger partial charge is 0.246 e. The minimum absolute atomic E-state index is 0.00445. The first kappa shape index (κ1) is 15.8. The second-order valence-corrected chi connectivity index (χ2v) is 5.56. The summed E-state index contributed by atoms with van der Waals surface area (Å²) in [7, 11) is 0. The van der Waals surface area contributed by atoms with Crippen molar-refractivity contribution in [1.29, 1.82) is 0 Å². The van der Waals surface area contributed by atoms with E-state index in [4.69, 9.17) is 11.6 Å². The molecule has 0 bridgehead atoms. The molecule has 1 aliphatic heterocycles. The van der Waals surface area contributed by atoms with Gasteiger partial charge in [0, 0.05) is 6.54 Å². The number of nitrogens with zero attached hydrogens (tertiary/aromatic N) is 1. The standard InChI is InChI=1S/C15H18ClFN2O2/c1-3-15(4-2)14(21)18-8-13(20)19(15)9-10-5-6-12(17)11(16)7-10/h5-7H,3-4,8-9H2,1-2H3,(H,18,21). The van der Waals surface area contributed by atoms with E-state index in [9.17, 15) is 14.0 Å². The number of amides is 2. The van der Waals surface area contributed by atoms with E-state index in [1.807, 2.05) is 13.8 Å². The molecule has 1 heterocycles. The summed E-state index contributed by atoms with van der Waals surface area (Å²) in [6, 6.07) is 4.34. The van der Waals surface area contributed by atoms with Gasteiger partial charge in [-0.25, -0.2) is 4.39 Å². The van der Waals surface area contributed by atoms with Crippen molar-refractivity contribution in [3.05, 3.63) is 34.6 Å². The molecule has 6 heteroatoms. The molecule has 1 N–H and O–H groups in total. The summed E-state index contributed by atoms with van der Waals surface area (Å²) in [5.41, 5.74) is -0.147. The molecule has 0 aromatic heterocycles. The molecule has 1 aliphatic rings. The number of rotatable bonds is 4. The summed E-state index contributed by atoms with van der Waals surface area (Å²) in [6.07, 6.45) is 1.05. The Morgan fingerprint density at radius 2 is 2.00 bits per heavy atom. The molecule has 1 aromatic rings. The minimum atomic E-state index is -0.851. The molecule has 1 aromatic carbocycles. The summed E-state index contributed by atoms with van der Waals surface area (Å²) in [6.45, 7) is 4.00. The van der Waals surface area contributed by atoms with E-state index in [0.717, 1.165) is 0 Å². The lowest BCUT2D eigenvalue weighted by atomic mass is 9.87. The Hall–Kier alpha value is -1.62. The zero-order chi connectivity index (χ0) is 15.6. The van der Waals surface area contributed by atoms with Crippen LogP contribution in [0, 0.1) is 5.82 Å². The summed E-state index contributed by atoms with van der Waals surface area (Å²) in [4.78, 5) is 26.1. The van der Waals surface area contributed by atoms with E-state index in [2.05, 4.69) is 5.32 Å². The molecular weight excluding hydrogens is 295 g/mol. The predicted molar refractivity (Wildman–Crippen MR) is 78.3 cm³/mol. The molecule has 1 fully saturated rings. The van der Waals surface area contributed by atoms with Crippen molar-refractivity contribution in [2.24, 2.45) is 0 Å². The van der Waals surface area contributed by atoms with Crippen molar-refractivity contribution in [3.8, 4) is 0 Å². The van der Waals surface area contributed by atoms with E-state index in [1.165, 1.54) is 12.1 Å². The fourth-order valence-corrected chi connectivity index (χ4v) is 2.99. The van der Waals surface area contributed by atoms with Gasteiger partial charge in [0.15, 0.2) is 0 Å². The highest BCUT2D eigenvalue weighted by Crippen LogP contribution is 2.29. The first-order valence-electron chi connectivity index (χ1n) is 6.97. The molecule has 2 rings (SSSR count). The van der Waals surface area contributed by atoms with Gasteiger partial charge in [-0.05, 0) is 30.5 Å². The van der Waals surface area contributed by atoms with Gasteiger partial charge < -0.3 is 10.2 Å². The molecule has 0 unspecified atom stereocenters. The molecular formula is C15H18ClFN2O2. The van der Waals surface area contributed by atoms with Gasteiger partial charge in [-0.1, -0.05) is 31.5 Å². The SMILES string of the molecule is CCC1(CC)C(=O)NCC(=O)N1Cc1ccc(F)c(Cl)c1. The second kappa shape index (κ2) is 6.02. The number of hydrogen-bond donors (Lipinski definition) is 1. The zero-order valence-corrected chi connectivity index (χ0v) is 12.8. The molecule has 0 atom stereocenters. The summed E-state index contributed by atoms with van der Waals surface area (Å²) < 4.78 is 13.2. The van der Waals surface area contributed by atoms with Crippen molar-refractivity contribution < 1.29 is 14.0 Å². The van der Waals surface area contributed by atoms with Gasteiger partial charge in [0.05, 0.1) is 11.6 Å². The first-order valence-corrected chi connectivity index (χ1v) is 7.35. The van der Waals surface area contributed by atoms with E-state index < -0.39 is 11.4 Å². The molecule has 4 nitrogen and oxygen atoms in total. The summed E-state index contributed by atoms with van der Waals surface area (Å²) in [5.74, 6) is -0.778. The summed E-state index contributed by atoms with van der Waals surface area (Å²) >= 11 is 5.78. The highest BCUT2D eigenvalue weighted by molar-refractivity contribution is 6.30. The Kier molecular flexibility index (Phi) is 4.52. The lowest BCUT2D eigenvalue weighted by molar-refractivity contribution is -0.155. The molecule has 21 heavy (non-hydrogen) atoms. The Bertz CT molecular complexity index is 573. The van der Waals surface area contributed by atoms with Crippen molar-refractivity contribution in [2.75, 3.05) is 6.54 Å². The van der Waals surface area contributed by atoms with Crippen molar-refractivity contribution in [1.82, 2.24) is 10.2 Å². The monoisotopic (exact) mass is 312 g/mol. The summed E-state index contributed by atoms with van der Waals surface area (Å²) in [5, 5.41) is 2.66. The van der Waals surface area contributed by atoms with Crippen LogP contribution in [0.25, 0.3) is 0 Å². The van der Waals surface area contributed by atoms with Crippen LogP contribution in [0.5, 0.6) is 0 Å². The van der Waals surface area contributed by atoms with Crippen LogP contribution in [0.1, 0.15) is 32.3 Å². The quantitative estimate of drug-likeness (QED) is 0.928. The highest BCUT2D eigenvalue weighted by Gasteiger charge is 2.46. The number of piperazine rings is 1. The lowest BCUT2D eigenvalue weighted by Crippen LogP contribution is -2.66. The normalized spacial score (nSPS) is 17.8. The zero-order valence-electron chi connectivity index (χ0n) is 12.1. The van der Waals surface area contributed by atoms with Gasteiger partial charge in [0.25, 0.3) is 0 Å². The maximum atomic E-state index is 13.2. The van der Waals surface area contributed by atoms with Crippen LogP contribution in [0.2, 0.25) is 5.02 Å². The molecule has 0 spiro atoms. The van der Waals surface area contributed by atoms with Crippen LogP contribution in [0.15, 0.2) is 18.2 Å². The van der Waals surface area contributed by atoms with E-state index in [0.29, 0.717) is 18.4 Å². The van der Waals surface area contributed by atoms with Crippen LogP contribution in [0.3, 0.4) is 0 Å². The third-order valence-corrected chi connectivity index (χ3v) is 4.42. The van der Waals surface area contributed by atoms with Gasteiger partial charge in [0.1, 0.15) is 11.4 Å². The Morgan fingerprint density at radius 1 is 1.33 bits per heavy atom. The molecule has 0 aliphatic carbocycles. The largest absolute Gasteiger partial charge is 0.345 e. The van der Waals surface area contributed by atoms with Crippen LogP contribution in [-0.4, -0.2) is 28.8 Å². The average molecular weight is 313 g/mol. The van der Waals surface area contributed by atoms with Crippen LogP contribution >= 0.6 is 11.6 Å². The second-order valence-electron chi connectivity index (χ2n) is 5.15. The Labute approximate surface area is 128 Å². The predicted octanol–water partition coefficient (Wildman–Crippen LogP) is 2.50. The number of benzene rings is 1. The minimum Gasteiger partial charge on any atom is -0.345 e. The third-order valence-electron chi connectivity index (χ3n) is 4.14. The van der Waals surface area contributed by atoms with Gasteiger partial charge >= 0.3 is 0 Å². The highest BCUT2D eigenvalue weighted by atomic mass is 35.5. The van der Waals surface area contributed by atoms with Crippen LogP contribution < -0.4 is 5.32 Å². The lowest BCUT2D eigenvalue weighted by Gasteiger charge is -2.45. The number of halogens is 2. The first-order chi connectivity index (χ1) is 9.94. The Balaban J connectivity index is 2.35. The number of nitrogens with one attached hydrogen (secondary N) is 1. The maximum absolute atomic E-state index is 13.2. The van der Waals surface area contributed by atoms with E-state index in [-0.39, 0.29) is 29.9 Å². The molecule has 0 saturated carbocycles. The topological polar surface area (TPSA) is 49.4 Å². The van der Waals surface area contributed by atoms with Gasteiger partial charge in [-0.2, -0.15) is 0 Å². The third kappa shape index (κ3) is 2.75. The Morgan fingerprint density at radius 3 is 2.57 bits per heavy atom. The van der Waals surface area contributed by atoms with Gasteiger partial charge in [-0.3, -0.25) is 9.59 Å². The fraction of sp³-hybridized carbons (Fsp3) is 0.467. The number of carbonyl (C=O) groups excluding carboxylic acids is 2. The van der Waals surface area contributed by atoms with Crippen molar-refractivity contribution in [3.63, 3.8) is 0 Å². The van der Waals surface area contributed by atoms with Gasteiger partial charge in [-0.15, -0.1) is 0 Å². The average Bonchev–Trinajstić information content (AvgIpc) is 2.48. The van der Waals surface area contributed by atoms with Crippen LogP contribution in [0.4, 0.5) is 4.39 Å². The molecule has 0 radical (unpaired) electrons.